The average Bonchev–Trinajstić information content (AvgIpc) is 3.38. The summed E-state index contributed by atoms with van der Waals surface area (Å²) >= 11 is 0. The van der Waals surface area contributed by atoms with Crippen LogP contribution >= 0.6 is 0 Å². The van der Waals surface area contributed by atoms with E-state index in [1.807, 2.05) is 0 Å². The van der Waals surface area contributed by atoms with E-state index >= 15 is 0 Å². The quantitative estimate of drug-likeness (QED) is 0.776. The highest BCUT2D eigenvalue weighted by Gasteiger charge is 2.40. The van der Waals surface area contributed by atoms with Gasteiger partial charge in [0.25, 0.3) is 5.91 Å². The first-order valence-corrected chi connectivity index (χ1v) is 10.6. The lowest BCUT2D eigenvalue weighted by molar-refractivity contribution is 0.0703. The van der Waals surface area contributed by atoms with Crippen LogP contribution < -0.4 is 9.64 Å². The van der Waals surface area contributed by atoms with Crippen molar-refractivity contribution in [2.24, 2.45) is 0 Å². The number of halogens is 1. The van der Waals surface area contributed by atoms with E-state index < -0.39 is 11.9 Å². The molecule has 2 aliphatic rings. The fraction of sp³-hybridized carbons (Fsp3) is 0.545. The van der Waals surface area contributed by atoms with Gasteiger partial charge in [-0.15, -0.1) is 0 Å². The number of carbonyl (C=O) groups is 1. The topological polar surface area (TPSA) is 82.3 Å². The van der Waals surface area contributed by atoms with Gasteiger partial charge in [0, 0.05) is 32.7 Å². The normalized spacial score (nSPS) is 22.0. The lowest BCUT2D eigenvalue weighted by atomic mass is 10.1. The number of rotatable bonds is 5. The van der Waals surface area contributed by atoms with Crippen molar-refractivity contribution >= 4 is 11.7 Å². The Morgan fingerprint density at radius 3 is 2.68 bits per heavy atom. The molecule has 0 bridgehead atoms. The smallest absolute Gasteiger partial charge is 0.261 e. The molecule has 1 N–H and O–H groups in total. The first-order chi connectivity index (χ1) is 14.9. The van der Waals surface area contributed by atoms with Crippen molar-refractivity contribution in [3.05, 3.63) is 29.6 Å². The Hall–Kier alpha value is -2.65. The summed E-state index contributed by atoms with van der Waals surface area (Å²) in [5.41, 5.74) is 0.791. The second-order valence-corrected chi connectivity index (χ2v) is 8.40. The molecule has 0 radical (unpaired) electrons. The van der Waals surface area contributed by atoms with Crippen LogP contribution in [0.1, 0.15) is 29.6 Å². The summed E-state index contributed by atoms with van der Waals surface area (Å²) < 4.78 is 24.5. The summed E-state index contributed by atoms with van der Waals surface area (Å²) in [5, 5.41) is 14.8. The number of anilines is 1. The van der Waals surface area contributed by atoms with Crippen LogP contribution in [0.5, 0.6) is 5.75 Å². The molecule has 0 unspecified atom stereocenters. The zero-order valence-electron chi connectivity index (χ0n) is 18.2. The molecule has 2 aliphatic heterocycles. The molecule has 0 saturated carbocycles. The summed E-state index contributed by atoms with van der Waals surface area (Å²) in [5.74, 6) is -0.0668. The number of ether oxygens (including phenoxy) is 1. The molecule has 2 atom stereocenters. The van der Waals surface area contributed by atoms with Gasteiger partial charge >= 0.3 is 0 Å². The molecule has 2 aromatic rings. The standard InChI is InChI=1S/C22H29FN4O4/c1-25(2)21-19(20(31-24-21)14-7-8-15(23)18(11-14)30-3)22(29)27-12-16(17(28)13-27)26-9-5-4-6-10-26/h7-8,11,16-17,28H,4-6,9-10,12-13H2,1-3H3/t16-,17-/m0/s1. The second-order valence-electron chi connectivity index (χ2n) is 8.40. The van der Waals surface area contributed by atoms with Crippen LogP contribution in [0, 0.1) is 5.82 Å². The number of hydrogen-bond acceptors (Lipinski definition) is 7. The van der Waals surface area contributed by atoms with E-state index in [1.165, 1.54) is 31.7 Å². The third-order valence-electron chi connectivity index (χ3n) is 6.13. The average molecular weight is 432 g/mol. The molecule has 2 saturated heterocycles. The minimum absolute atomic E-state index is 0.0560. The lowest BCUT2D eigenvalue weighted by Crippen LogP contribution is -2.46. The Morgan fingerprint density at radius 1 is 1.26 bits per heavy atom. The Morgan fingerprint density at radius 2 is 2.00 bits per heavy atom. The van der Waals surface area contributed by atoms with Crippen LogP contribution in [0.2, 0.25) is 0 Å². The van der Waals surface area contributed by atoms with E-state index in [4.69, 9.17) is 9.26 Å². The van der Waals surface area contributed by atoms with Crippen molar-refractivity contribution in [3.63, 3.8) is 0 Å². The fourth-order valence-corrected chi connectivity index (χ4v) is 4.48. The van der Waals surface area contributed by atoms with Crippen LogP contribution in [0.3, 0.4) is 0 Å². The Bertz CT molecular complexity index is 942. The number of carbonyl (C=O) groups excluding carboxylic acids is 1. The first kappa shape index (κ1) is 21.6. The summed E-state index contributed by atoms with van der Waals surface area (Å²) in [6.45, 7) is 2.59. The highest BCUT2D eigenvalue weighted by atomic mass is 19.1. The van der Waals surface area contributed by atoms with Gasteiger partial charge in [0.15, 0.2) is 23.1 Å². The summed E-state index contributed by atoms with van der Waals surface area (Å²) in [6.07, 6.45) is 2.84. The number of hydrogen-bond donors (Lipinski definition) is 1. The molecule has 0 aliphatic carbocycles. The summed E-state index contributed by atoms with van der Waals surface area (Å²) in [7, 11) is 4.93. The molecule has 31 heavy (non-hydrogen) atoms. The number of likely N-dealkylation sites (tertiary alicyclic amines) is 2. The van der Waals surface area contributed by atoms with Gasteiger partial charge in [0.05, 0.1) is 19.3 Å². The predicted octanol–water partition coefficient (Wildman–Crippen LogP) is 2.23. The largest absolute Gasteiger partial charge is 0.494 e. The third kappa shape index (κ3) is 4.12. The van der Waals surface area contributed by atoms with E-state index in [-0.39, 0.29) is 30.0 Å². The zero-order valence-corrected chi connectivity index (χ0v) is 18.2. The number of amides is 1. The van der Waals surface area contributed by atoms with Gasteiger partial charge < -0.3 is 24.2 Å². The highest BCUT2D eigenvalue weighted by molar-refractivity contribution is 6.04. The number of aromatic nitrogens is 1. The Kier molecular flexibility index (Phi) is 6.15. The van der Waals surface area contributed by atoms with Crippen LogP contribution in [-0.2, 0) is 0 Å². The number of methoxy groups -OCH3 is 1. The maximum Gasteiger partial charge on any atom is 0.261 e. The highest BCUT2D eigenvalue weighted by Crippen LogP contribution is 2.35. The fourth-order valence-electron chi connectivity index (χ4n) is 4.48. The molecule has 9 heteroatoms. The number of piperidine rings is 1. The number of nitrogens with zero attached hydrogens (tertiary/aromatic N) is 4. The van der Waals surface area contributed by atoms with Gasteiger partial charge in [-0.2, -0.15) is 0 Å². The second kappa shape index (κ2) is 8.84. The van der Waals surface area contributed by atoms with E-state index in [0.29, 0.717) is 23.5 Å². The molecule has 0 spiro atoms. The van der Waals surface area contributed by atoms with E-state index in [2.05, 4.69) is 10.1 Å². The van der Waals surface area contributed by atoms with Crippen molar-refractivity contribution in [2.75, 3.05) is 52.3 Å². The van der Waals surface area contributed by atoms with E-state index in [0.717, 1.165) is 25.9 Å². The predicted molar refractivity (Wildman–Crippen MR) is 114 cm³/mol. The number of aliphatic hydroxyl groups excluding tert-OH is 1. The van der Waals surface area contributed by atoms with Crippen LogP contribution in [0.15, 0.2) is 22.7 Å². The van der Waals surface area contributed by atoms with Crippen molar-refractivity contribution in [2.45, 2.75) is 31.4 Å². The molecule has 1 amide bonds. The number of aliphatic hydroxyl groups is 1. The van der Waals surface area contributed by atoms with Gasteiger partial charge in [-0.3, -0.25) is 9.69 Å². The van der Waals surface area contributed by atoms with Crippen molar-refractivity contribution in [3.8, 4) is 17.1 Å². The monoisotopic (exact) mass is 432 g/mol. The first-order valence-electron chi connectivity index (χ1n) is 10.6. The maximum atomic E-state index is 13.9. The number of benzene rings is 1. The van der Waals surface area contributed by atoms with Gasteiger partial charge in [-0.1, -0.05) is 11.6 Å². The minimum atomic E-state index is -0.598. The van der Waals surface area contributed by atoms with Gasteiger partial charge in [-0.25, -0.2) is 4.39 Å². The molecule has 8 nitrogen and oxygen atoms in total. The van der Waals surface area contributed by atoms with Crippen LogP contribution in [-0.4, -0.2) is 85.5 Å². The molecular weight excluding hydrogens is 403 g/mol. The maximum absolute atomic E-state index is 13.9. The number of β-amino-alcohol motifs (C(OH)–C–C–N with tert-alkyl or cyclic N) is 1. The SMILES string of the molecule is COc1cc(-c2onc(N(C)C)c2C(=O)N2C[C@H](O)[C@@H](N3CCCCC3)C2)ccc1F. The van der Waals surface area contributed by atoms with E-state index in [1.54, 1.807) is 23.9 Å². The van der Waals surface area contributed by atoms with Crippen LogP contribution in [0.25, 0.3) is 11.3 Å². The van der Waals surface area contributed by atoms with Crippen LogP contribution in [0.4, 0.5) is 10.2 Å². The third-order valence-corrected chi connectivity index (χ3v) is 6.13. The van der Waals surface area contributed by atoms with Gasteiger partial charge in [0.1, 0.15) is 5.56 Å². The van der Waals surface area contributed by atoms with Gasteiger partial charge in [0.2, 0.25) is 0 Å². The molecule has 168 valence electrons. The van der Waals surface area contributed by atoms with Crippen molar-refractivity contribution in [1.29, 1.82) is 0 Å². The Labute approximate surface area is 181 Å². The molecule has 4 rings (SSSR count). The molecule has 1 aromatic heterocycles. The summed E-state index contributed by atoms with van der Waals surface area (Å²) in [4.78, 5) is 19.2. The lowest BCUT2D eigenvalue weighted by Gasteiger charge is -2.33. The molecular formula is C22H29FN4O4. The van der Waals surface area contributed by atoms with E-state index in [9.17, 15) is 14.3 Å². The Balaban J connectivity index is 1.65. The zero-order chi connectivity index (χ0) is 22.1. The molecule has 2 fully saturated rings. The summed E-state index contributed by atoms with van der Waals surface area (Å²) in [6, 6.07) is 4.22. The van der Waals surface area contributed by atoms with Gasteiger partial charge in [-0.05, 0) is 44.1 Å². The minimum Gasteiger partial charge on any atom is -0.494 e. The van der Waals surface area contributed by atoms with Crippen molar-refractivity contribution < 1.29 is 23.6 Å². The molecule has 1 aromatic carbocycles. The molecule has 3 heterocycles. The van der Waals surface area contributed by atoms with Crippen molar-refractivity contribution in [1.82, 2.24) is 15.0 Å².